The van der Waals surface area contributed by atoms with Crippen LogP contribution in [0.3, 0.4) is 0 Å². The van der Waals surface area contributed by atoms with Crippen LogP contribution in [0.4, 0.5) is 0 Å². The van der Waals surface area contributed by atoms with Gasteiger partial charge in [0.05, 0.1) is 0 Å². The molecule has 0 aromatic heterocycles. The van der Waals surface area contributed by atoms with E-state index in [9.17, 15) is 0 Å². The van der Waals surface area contributed by atoms with E-state index in [1.54, 1.807) is 3.33 Å². The molecule has 0 amide bonds. The van der Waals surface area contributed by atoms with Gasteiger partial charge in [-0.2, -0.15) is 0 Å². The van der Waals surface area contributed by atoms with Crippen molar-refractivity contribution in [2.45, 2.75) is 72.1 Å². The number of hydrogen-bond donors (Lipinski definition) is 1. The Morgan fingerprint density at radius 1 is 0.889 bits per heavy atom. The zero-order chi connectivity index (χ0) is 19.5. The van der Waals surface area contributed by atoms with E-state index < -0.39 is 21.0 Å². The molecule has 157 valence electrons. The third-order valence-corrected chi connectivity index (χ3v) is 138. The van der Waals surface area contributed by atoms with E-state index in [4.69, 9.17) is 3.72 Å². The first kappa shape index (κ1) is 27.3. The number of hydrogen-bond acceptors (Lipinski definition) is 1. The van der Waals surface area contributed by atoms with Crippen molar-refractivity contribution in [2.24, 2.45) is 3.72 Å². The Kier molecular flexibility index (Phi) is 6.49. The Morgan fingerprint density at radius 2 is 1.33 bits per heavy atom. The summed E-state index contributed by atoms with van der Waals surface area (Å²) in [4.78, 5) is 0. The summed E-state index contributed by atoms with van der Waals surface area (Å²) in [7, 11) is 0. The van der Waals surface area contributed by atoms with Crippen molar-refractivity contribution in [1.29, 1.82) is 0 Å². The minimum atomic E-state index is -5.44. The van der Waals surface area contributed by atoms with Crippen LogP contribution in [0, 0.1) is 0 Å². The SMILES string of the molecule is C[SiH](C)[Hf]([CH3])([NH2])([C]1=CC=CC1)([c]1ccccc1)([C](C)(C)C)[C](C)(C)C.Cl.Cl. The number of rotatable bonds is 3. The largest absolute Gasteiger partial charge is 0.147 e. The first-order valence-corrected chi connectivity index (χ1v) is 31.8. The van der Waals surface area contributed by atoms with Crippen LogP contribution < -0.4 is 7.04 Å². The van der Waals surface area contributed by atoms with E-state index in [0.717, 1.165) is 6.42 Å². The summed E-state index contributed by atoms with van der Waals surface area (Å²) < 4.78 is 14.2. The molecule has 0 spiro atoms. The molecule has 0 fully saturated rings. The summed E-state index contributed by atoms with van der Waals surface area (Å²) in [5.74, 6) is -1.45. The molecule has 1 aromatic carbocycles. The van der Waals surface area contributed by atoms with Gasteiger partial charge in [0.2, 0.25) is 0 Å². The second-order valence-corrected chi connectivity index (χ2v) is 85.0. The minimum Gasteiger partial charge on any atom is -0.147 e. The smallest absolute Gasteiger partial charge is 0.147 e. The van der Waals surface area contributed by atoms with Crippen LogP contribution >= 0.6 is 24.8 Å². The monoisotopic (exact) mass is 598 g/mol. The van der Waals surface area contributed by atoms with Gasteiger partial charge in [-0.1, -0.05) is 0 Å². The average molecular weight is 598 g/mol. The van der Waals surface area contributed by atoms with Crippen LogP contribution in [0.2, 0.25) is 24.1 Å². The molecule has 5 heteroatoms. The molecule has 0 saturated carbocycles. The van der Waals surface area contributed by atoms with E-state index in [1.165, 1.54) is 3.32 Å². The normalized spacial score (nSPS) is 19.1. The number of benzene rings is 1. The van der Waals surface area contributed by atoms with Gasteiger partial charge in [-0.15, -0.1) is 24.8 Å². The maximum Gasteiger partial charge on any atom is -0.147 e. The summed E-state index contributed by atoms with van der Waals surface area (Å²) in [6.07, 6.45) is 7.97. The van der Waals surface area contributed by atoms with Crippen molar-refractivity contribution in [1.82, 2.24) is 0 Å². The van der Waals surface area contributed by atoms with Crippen molar-refractivity contribution >= 4 is 34.1 Å². The fraction of sp³-hybridized carbons (Fsp3) is 0.545. The van der Waals surface area contributed by atoms with E-state index >= 15 is 0 Å². The van der Waals surface area contributed by atoms with Gasteiger partial charge in [0, 0.05) is 0 Å². The molecule has 1 aliphatic carbocycles. The Hall–Kier alpha value is 0.327. The predicted molar refractivity (Wildman–Crippen MR) is 131 cm³/mol. The molecular formula is C22H42Cl2HfNSi. The summed E-state index contributed by atoms with van der Waals surface area (Å²) in [6.45, 7) is 19.8. The van der Waals surface area contributed by atoms with Crippen LogP contribution in [-0.4, -0.2) is 5.98 Å². The van der Waals surface area contributed by atoms with E-state index in [2.05, 4.69) is 108 Å². The maximum absolute atomic E-state index is 8.57. The second-order valence-electron chi connectivity index (χ2n) is 12.0. The molecule has 0 bridgehead atoms. The first-order valence-electron chi connectivity index (χ1n) is 9.86. The van der Waals surface area contributed by atoms with Crippen LogP contribution in [0.15, 0.2) is 51.9 Å². The minimum absolute atomic E-state index is 0. The van der Waals surface area contributed by atoms with Gasteiger partial charge >= 0.3 is 152 Å². The molecule has 1 aliphatic rings. The Morgan fingerprint density at radius 3 is 1.63 bits per heavy atom. The number of allylic oxidation sites excluding steroid dienone is 4. The average Bonchev–Trinajstić information content (AvgIpc) is 3.02. The molecule has 0 atom stereocenters. The Balaban J connectivity index is 0.00000338. The van der Waals surface area contributed by atoms with Crippen molar-refractivity contribution in [3.63, 3.8) is 0 Å². The maximum atomic E-state index is 8.57. The molecule has 1 aromatic rings. The van der Waals surface area contributed by atoms with E-state index in [0.29, 0.717) is 0 Å². The summed E-state index contributed by atoms with van der Waals surface area (Å²) >= 11 is -5.44. The molecule has 2 rings (SSSR count). The second kappa shape index (κ2) is 6.41. The van der Waals surface area contributed by atoms with Gasteiger partial charge in [0.1, 0.15) is 0 Å². The molecule has 0 unspecified atom stereocenters. The number of nitrogens with two attached hydrogens (primary N) is 1. The molecule has 0 radical (unpaired) electrons. The Bertz CT molecular complexity index is 776. The van der Waals surface area contributed by atoms with E-state index in [1.807, 2.05) is 0 Å². The van der Waals surface area contributed by atoms with Crippen molar-refractivity contribution in [3.8, 4) is 0 Å². The molecule has 0 aliphatic heterocycles. The number of halogens is 2. The standard InChI is InChI=1S/C6H5.C5H5.2C4H9.C2H7Si.CH3.2ClH.Hf.H2N/c1-2-4-6-5-3-1;1-2-4-5-3-1;2*1-4(2)3;1-3-2;;;;;/h1-5H;1-3H,4H2;2*1-3H3;3H,1-2H3;1H3;2*1H;;1H2/q;;;;;;;;+1;-1. The van der Waals surface area contributed by atoms with Crippen LogP contribution in [0.25, 0.3) is 0 Å². The van der Waals surface area contributed by atoms with Gasteiger partial charge in [-0.3, -0.25) is 0 Å². The van der Waals surface area contributed by atoms with Gasteiger partial charge in [-0.05, 0) is 0 Å². The molecule has 0 heterocycles. The fourth-order valence-electron chi connectivity index (χ4n) is 7.75. The van der Waals surface area contributed by atoms with Crippen LogP contribution in [-0.2, 0) is 15.0 Å². The summed E-state index contributed by atoms with van der Waals surface area (Å²) in [6, 6.07) is 11.3. The topological polar surface area (TPSA) is 26.0 Å². The first-order chi connectivity index (χ1) is 11.1. The molecule has 1 nitrogen and oxygen atoms in total. The predicted octanol–water partition coefficient (Wildman–Crippen LogP) is 7.10. The molecule has 27 heavy (non-hydrogen) atoms. The van der Waals surface area contributed by atoms with Crippen molar-refractivity contribution < 1.29 is 15.0 Å². The quantitative estimate of drug-likeness (QED) is 0.370. The van der Waals surface area contributed by atoms with Crippen molar-refractivity contribution in [2.75, 3.05) is 0 Å². The van der Waals surface area contributed by atoms with Gasteiger partial charge in [0.25, 0.3) is 0 Å². The third-order valence-electron chi connectivity index (χ3n) is 11.3. The fourth-order valence-corrected chi connectivity index (χ4v) is 102. The van der Waals surface area contributed by atoms with Gasteiger partial charge in [0.15, 0.2) is 0 Å². The Labute approximate surface area is 175 Å². The summed E-state index contributed by atoms with van der Waals surface area (Å²) in [5.41, 5.74) is 0. The zero-order valence-corrected chi connectivity index (χ0v) is 25.2. The van der Waals surface area contributed by atoms with E-state index in [-0.39, 0.29) is 31.2 Å². The molecular weight excluding hydrogens is 556 g/mol. The van der Waals surface area contributed by atoms with Crippen LogP contribution in [0.5, 0.6) is 0 Å². The summed E-state index contributed by atoms with van der Waals surface area (Å²) in [5, 5.41) is 0. The van der Waals surface area contributed by atoms with Gasteiger partial charge in [-0.25, -0.2) is 0 Å². The van der Waals surface area contributed by atoms with Crippen molar-refractivity contribution in [3.05, 3.63) is 51.9 Å². The van der Waals surface area contributed by atoms with Gasteiger partial charge < -0.3 is 0 Å². The third kappa shape index (κ3) is 2.04. The molecule has 0 saturated heterocycles. The van der Waals surface area contributed by atoms with Crippen LogP contribution in [0.1, 0.15) is 48.0 Å². The zero-order valence-electron chi connectivity index (χ0n) is 18.8. The molecule has 2 N–H and O–H groups in total.